The van der Waals surface area contributed by atoms with Gasteiger partial charge in [-0.2, -0.15) is 0 Å². The number of carbonyl (C=O) groups excluding carboxylic acids is 1. The average molecular weight is 304 g/mol. The fourth-order valence-corrected chi connectivity index (χ4v) is 3.83. The van der Waals surface area contributed by atoms with Gasteiger partial charge >= 0.3 is 5.97 Å². The van der Waals surface area contributed by atoms with E-state index >= 15 is 0 Å². The highest BCUT2D eigenvalue weighted by Gasteiger charge is 2.32. The number of thiazole rings is 1. The first-order chi connectivity index (χ1) is 10.1. The first kappa shape index (κ1) is 14.0. The molecular weight excluding hydrogens is 288 g/mol. The molecule has 0 radical (unpaired) electrons. The second kappa shape index (κ2) is 5.81. The molecule has 0 unspecified atom stereocenters. The number of amides is 1. The molecule has 1 fully saturated rings. The third-order valence-corrected chi connectivity index (χ3v) is 4.86. The topological polar surface area (TPSA) is 70.5 Å². The molecule has 2 heterocycles. The molecule has 6 heteroatoms. The summed E-state index contributed by atoms with van der Waals surface area (Å²) in [6.45, 7) is 0.693. The molecule has 21 heavy (non-hydrogen) atoms. The average Bonchev–Trinajstić information content (AvgIpc) is 3.10. The van der Waals surface area contributed by atoms with Crippen molar-refractivity contribution in [1.82, 2.24) is 9.88 Å². The molecular formula is C15H16N2O3S. The first-order valence-electron chi connectivity index (χ1n) is 7.02. The van der Waals surface area contributed by atoms with Crippen LogP contribution in [0.1, 0.15) is 36.7 Å². The lowest BCUT2D eigenvalue weighted by atomic mass is 10.2. The zero-order valence-corrected chi connectivity index (χ0v) is 12.3. The monoisotopic (exact) mass is 304 g/mol. The molecule has 1 saturated heterocycles. The fraction of sp³-hybridized carbons (Fsp3) is 0.400. The summed E-state index contributed by atoms with van der Waals surface area (Å²) in [5, 5.41) is 9.66. The number of carboxylic acid groups (broad SMARTS) is 1. The Kier molecular flexibility index (Phi) is 3.88. The number of hydrogen-bond donors (Lipinski definition) is 1. The third kappa shape index (κ3) is 2.90. The van der Waals surface area contributed by atoms with Crippen LogP contribution in [-0.4, -0.2) is 33.4 Å². The number of benzene rings is 1. The highest BCUT2D eigenvalue weighted by Crippen LogP contribution is 2.36. The van der Waals surface area contributed by atoms with Crippen molar-refractivity contribution >= 4 is 33.4 Å². The predicted molar refractivity (Wildman–Crippen MR) is 80.2 cm³/mol. The molecule has 110 valence electrons. The summed E-state index contributed by atoms with van der Waals surface area (Å²) in [6.07, 6.45) is 1.80. The molecule has 0 bridgehead atoms. The van der Waals surface area contributed by atoms with Crippen molar-refractivity contribution in [3.63, 3.8) is 0 Å². The molecule has 0 spiro atoms. The first-order valence-corrected chi connectivity index (χ1v) is 7.83. The third-order valence-electron chi connectivity index (χ3n) is 3.72. The zero-order valence-electron chi connectivity index (χ0n) is 11.5. The maximum absolute atomic E-state index is 12.2. The molecule has 1 aromatic heterocycles. The predicted octanol–water partition coefficient (Wildman–Crippen LogP) is 2.82. The summed E-state index contributed by atoms with van der Waals surface area (Å²) < 4.78 is 1.12. The molecule has 1 N–H and O–H groups in total. The van der Waals surface area contributed by atoms with E-state index in [1.54, 1.807) is 16.2 Å². The largest absolute Gasteiger partial charge is 0.481 e. The number of likely N-dealkylation sites (tertiary alicyclic amines) is 1. The van der Waals surface area contributed by atoms with E-state index in [9.17, 15) is 9.59 Å². The lowest BCUT2D eigenvalue weighted by molar-refractivity contribution is -0.141. The number of rotatable bonds is 4. The van der Waals surface area contributed by atoms with Crippen LogP contribution in [0.4, 0.5) is 0 Å². The van der Waals surface area contributed by atoms with Gasteiger partial charge in [0, 0.05) is 13.0 Å². The maximum Gasteiger partial charge on any atom is 0.303 e. The Morgan fingerprint density at radius 3 is 2.90 bits per heavy atom. The van der Waals surface area contributed by atoms with Crippen molar-refractivity contribution in [2.24, 2.45) is 0 Å². The number of aromatic nitrogens is 1. The van der Waals surface area contributed by atoms with Crippen LogP contribution < -0.4 is 0 Å². The summed E-state index contributed by atoms with van der Waals surface area (Å²) in [7, 11) is 0. The zero-order chi connectivity index (χ0) is 14.8. The van der Waals surface area contributed by atoms with Crippen LogP contribution >= 0.6 is 11.3 Å². The second-order valence-electron chi connectivity index (χ2n) is 5.16. The van der Waals surface area contributed by atoms with Crippen molar-refractivity contribution in [3.8, 4) is 0 Å². The standard InChI is InChI=1S/C15H16N2O3S/c18-13(7-8-14(19)20)17-9-3-5-11(17)15-16-10-4-1-2-6-12(10)21-15/h1-2,4,6,11H,3,5,7-9H2,(H,19,20)/t11-/m1/s1. The molecule has 0 saturated carbocycles. The van der Waals surface area contributed by atoms with E-state index in [1.165, 1.54) is 0 Å². The van der Waals surface area contributed by atoms with E-state index in [-0.39, 0.29) is 24.8 Å². The van der Waals surface area contributed by atoms with Crippen LogP contribution in [0.15, 0.2) is 24.3 Å². The Labute approximate surface area is 126 Å². The maximum atomic E-state index is 12.2. The summed E-state index contributed by atoms with van der Waals surface area (Å²) in [5.74, 6) is -1.02. The minimum atomic E-state index is -0.931. The fourth-order valence-electron chi connectivity index (χ4n) is 2.71. The number of fused-ring (bicyclic) bond motifs is 1. The molecule has 1 aliphatic rings. The van der Waals surface area contributed by atoms with E-state index in [2.05, 4.69) is 4.98 Å². The quantitative estimate of drug-likeness (QED) is 0.943. The summed E-state index contributed by atoms with van der Waals surface area (Å²) in [5.41, 5.74) is 0.960. The Balaban J connectivity index is 1.79. The number of hydrogen-bond acceptors (Lipinski definition) is 4. The number of carboxylic acids is 1. The smallest absolute Gasteiger partial charge is 0.303 e. The van der Waals surface area contributed by atoms with Crippen molar-refractivity contribution in [2.45, 2.75) is 31.7 Å². The Morgan fingerprint density at radius 1 is 1.33 bits per heavy atom. The van der Waals surface area contributed by atoms with Gasteiger partial charge in [0.25, 0.3) is 0 Å². The molecule has 3 rings (SSSR count). The van der Waals surface area contributed by atoms with Crippen LogP contribution in [0.2, 0.25) is 0 Å². The molecule has 2 aromatic rings. The Hall–Kier alpha value is -1.95. The number of para-hydroxylation sites is 1. The molecule has 1 aromatic carbocycles. The summed E-state index contributed by atoms with van der Waals surface area (Å²) in [6, 6.07) is 7.94. The van der Waals surface area contributed by atoms with Gasteiger partial charge < -0.3 is 10.0 Å². The lowest BCUT2D eigenvalue weighted by Gasteiger charge is -2.22. The van der Waals surface area contributed by atoms with Crippen molar-refractivity contribution in [3.05, 3.63) is 29.3 Å². The Morgan fingerprint density at radius 2 is 2.14 bits per heavy atom. The van der Waals surface area contributed by atoms with Crippen molar-refractivity contribution < 1.29 is 14.7 Å². The lowest BCUT2D eigenvalue weighted by Crippen LogP contribution is -2.30. The highest BCUT2D eigenvalue weighted by atomic mass is 32.1. The van der Waals surface area contributed by atoms with Gasteiger partial charge in [-0.05, 0) is 25.0 Å². The van der Waals surface area contributed by atoms with E-state index in [4.69, 9.17) is 5.11 Å². The minimum Gasteiger partial charge on any atom is -0.481 e. The van der Waals surface area contributed by atoms with Gasteiger partial charge in [0.15, 0.2) is 0 Å². The summed E-state index contributed by atoms with van der Waals surface area (Å²) >= 11 is 1.62. The van der Waals surface area contributed by atoms with Gasteiger partial charge in [0.05, 0.1) is 22.7 Å². The van der Waals surface area contributed by atoms with Crippen LogP contribution in [0.25, 0.3) is 10.2 Å². The highest BCUT2D eigenvalue weighted by molar-refractivity contribution is 7.18. The molecule has 0 aliphatic carbocycles. The number of carbonyl (C=O) groups is 2. The van der Waals surface area contributed by atoms with Gasteiger partial charge in [0.1, 0.15) is 5.01 Å². The van der Waals surface area contributed by atoms with Gasteiger partial charge in [0.2, 0.25) is 5.91 Å². The minimum absolute atomic E-state index is 0.00342. The van der Waals surface area contributed by atoms with Crippen LogP contribution in [0.3, 0.4) is 0 Å². The van der Waals surface area contributed by atoms with Gasteiger partial charge in [-0.3, -0.25) is 9.59 Å². The molecule has 1 aliphatic heterocycles. The molecule has 1 atom stereocenters. The van der Waals surface area contributed by atoms with Crippen LogP contribution in [0, 0.1) is 0 Å². The van der Waals surface area contributed by atoms with Crippen molar-refractivity contribution in [2.75, 3.05) is 6.54 Å². The van der Waals surface area contributed by atoms with Gasteiger partial charge in [-0.15, -0.1) is 11.3 Å². The Bertz CT molecular complexity index is 649. The van der Waals surface area contributed by atoms with Gasteiger partial charge in [-0.1, -0.05) is 12.1 Å². The van der Waals surface area contributed by atoms with E-state index in [0.717, 1.165) is 28.1 Å². The van der Waals surface area contributed by atoms with Crippen LogP contribution in [-0.2, 0) is 9.59 Å². The number of nitrogens with zero attached hydrogens (tertiary/aromatic N) is 2. The second-order valence-corrected chi connectivity index (χ2v) is 6.22. The van der Waals surface area contributed by atoms with E-state index < -0.39 is 5.97 Å². The SMILES string of the molecule is O=C(O)CCC(=O)N1CCC[C@@H]1c1nc2ccccc2s1. The normalized spacial score (nSPS) is 18.3. The number of aliphatic carboxylic acids is 1. The summed E-state index contributed by atoms with van der Waals surface area (Å²) in [4.78, 5) is 29.2. The molecule has 5 nitrogen and oxygen atoms in total. The molecule has 1 amide bonds. The van der Waals surface area contributed by atoms with Crippen LogP contribution in [0.5, 0.6) is 0 Å². The van der Waals surface area contributed by atoms with E-state index in [0.29, 0.717) is 6.54 Å². The van der Waals surface area contributed by atoms with Gasteiger partial charge in [-0.25, -0.2) is 4.98 Å². The van der Waals surface area contributed by atoms with E-state index in [1.807, 2.05) is 24.3 Å². The van der Waals surface area contributed by atoms with Crippen molar-refractivity contribution in [1.29, 1.82) is 0 Å².